The van der Waals surface area contributed by atoms with E-state index in [1.54, 1.807) is 35.5 Å². The van der Waals surface area contributed by atoms with Crippen molar-refractivity contribution in [3.63, 3.8) is 0 Å². The number of aromatic nitrogens is 1. The zero-order chi connectivity index (χ0) is 22.8. The molecule has 3 aromatic rings. The van der Waals surface area contributed by atoms with Gasteiger partial charge in [0.05, 0.1) is 14.9 Å². The van der Waals surface area contributed by atoms with Gasteiger partial charge in [0.25, 0.3) is 0 Å². The van der Waals surface area contributed by atoms with Crippen LogP contribution in [0.15, 0.2) is 75.9 Å². The van der Waals surface area contributed by atoms with E-state index in [0.717, 1.165) is 11.1 Å². The van der Waals surface area contributed by atoms with Crippen LogP contribution in [0.3, 0.4) is 0 Å². The highest BCUT2D eigenvalue weighted by molar-refractivity contribution is 9.11. The van der Waals surface area contributed by atoms with Crippen molar-refractivity contribution in [2.24, 2.45) is 0 Å². The monoisotopic (exact) mass is 559 g/mol. The summed E-state index contributed by atoms with van der Waals surface area (Å²) in [6.07, 6.45) is 3.32. The largest absolute Gasteiger partial charge is 0.506 e. The molecule has 0 unspecified atom stereocenters. The first kappa shape index (κ1) is 22.4. The van der Waals surface area contributed by atoms with Crippen LogP contribution in [0, 0.1) is 10.1 Å². The lowest BCUT2D eigenvalue weighted by Crippen LogP contribution is -2.51. The molecule has 164 valence electrons. The Balaban J connectivity index is 1.86. The highest BCUT2D eigenvalue weighted by atomic mass is 79.9. The Morgan fingerprint density at radius 1 is 1.09 bits per heavy atom. The molecule has 3 atom stereocenters. The van der Waals surface area contributed by atoms with Gasteiger partial charge in [-0.2, -0.15) is 0 Å². The molecule has 4 rings (SSSR count). The van der Waals surface area contributed by atoms with Crippen molar-refractivity contribution in [1.29, 1.82) is 0 Å². The molecule has 0 radical (unpaired) electrons. The number of likely N-dealkylation sites (tertiary alicyclic amines) is 1. The Kier molecular flexibility index (Phi) is 6.57. The standard InChI is InChI=1S/C23H19Br2N3O4/c24-18-9-16(10-19(25)23(18)30)21-22(28(31)32)17(15-6-2-1-3-7-15)11-20(29)27(21)13-14-5-4-8-26-12-14/h1-10,12,17,21-22,30H,11,13H2/t17-,21+,22-/m0/s1. The van der Waals surface area contributed by atoms with Gasteiger partial charge in [-0.25, -0.2) is 0 Å². The Labute approximate surface area is 201 Å². The fraction of sp³-hybridized carbons (Fsp3) is 0.217. The smallest absolute Gasteiger partial charge is 0.244 e. The minimum absolute atomic E-state index is 0.00745. The molecule has 0 bridgehead atoms. The number of hydrogen-bond donors (Lipinski definition) is 1. The Morgan fingerprint density at radius 3 is 2.38 bits per heavy atom. The molecule has 1 fully saturated rings. The van der Waals surface area contributed by atoms with Crippen LogP contribution >= 0.6 is 31.9 Å². The number of amides is 1. The summed E-state index contributed by atoms with van der Waals surface area (Å²) in [6, 6.07) is 14.1. The van der Waals surface area contributed by atoms with Crippen molar-refractivity contribution in [2.75, 3.05) is 0 Å². The van der Waals surface area contributed by atoms with E-state index in [1.807, 2.05) is 36.4 Å². The minimum atomic E-state index is -1.07. The molecule has 7 nitrogen and oxygen atoms in total. The van der Waals surface area contributed by atoms with E-state index >= 15 is 0 Å². The molecule has 2 aromatic carbocycles. The van der Waals surface area contributed by atoms with Crippen LogP contribution < -0.4 is 0 Å². The van der Waals surface area contributed by atoms with E-state index in [9.17, 15) is 20.0 Å². The van der Waals surface area contributed by atoms with Crippen LogP contribution in [-0.2, 0) is 11.3 Å². The summed E-state index contributed by atoms with van der Waals surface area (Å²) in [5, 5.41) is 22.6. The van der Waals surface area contributed by atoms with Crippen molar-refractivity contribution in [3.05, 3.63) is 103 Å². The molecular formula is C23H19Br2N3O4. The zero-order valence-corrected chi connectivity index (χ0v) is 19.9. The number of nitro groups is 1. The van der Waals surface area contributed by atoms with Crippen molar-refractivity contribution >= 4 is 37.8 Å². The molecule has 1 amide bonds. The molecular weight excluding hydrogens is 542 g/mol. The summed E-state index contributed by atoms with van der Waals surface area (Å²) in [5.41, 5.74) is 2.09. The molecule has 2 heterocycles. The topological polar surface area (TPSA) is 96.6 Å². The number of phenolic OH excluding ortho intramolecular Hbond substituents is 1. The lowest BCUT2D eigenvalue weighted by Gasteiger charge is -2.41. The minimum Gasteiger partial charge on any atom is -0.506 e. The number of halogens is 2. The average Bonchev–Trinajstić information content (AvgIpc) is 2.79. The van der Waals surface area contributed by atoms with Gasteiger partial charge < -0.3 is 10.0 Å². The summed E-state index contributed by atoms with van der Waals surface area (Å²) >= 11 is 6.64. The zero-order valence-electron chi connectivity index (χ0n) is 16.8. The fourth-order valence-corrected chi connectivity index (χ4v) is 5.49. The lowest BCUT2D eigenvalue weighted by molar-refractivity contribution is -0.537. The van der Waals surface area contributed by atoms with Gasteiger partial charge >= 0.3 is 0 Å². The molecule has 1 aromatic heterocycles. The first-order chi connectivity index (χ1) is 15.4. The van der Waals surface area contributed by atoms with Crippen LogP contribution in [0.4, 0.5) is 0 Å². The van der Waals surface area contributed by atoms with E-state index in [1.165, 1.54) is 0 Å². The highest BCUT2D eigenvalue weighted by Crippen LogP contribution is 2.45. The lowest BCUT2D eigenvalue weighted by atomic mass is 9.78. The predicted octanol–water partition coefficient (Wildman–Crippen LogP) is 5.21. The number of pyridine rings is 1. The van der Waals surface area contributed by atoms with Gasteiger partial charge in [0.1, 0.15) is 11.8 Å². The number of phenols is 1. The maximum absolute atomic E-state index is 13.4. The summed E-state index contributed by atoms with van der Waals surface area (Å²) in [7, 11) is 0. The summed E-state index contributed by atoms with van der Waals surface area (Å²) in [6.45, 7) is 0.194. The molecule has 32 heavy (non-hydrogen) atoms. The van der Waals surface area contributed by atoms with Crippen molar-refractivity contribution in [3.8, 4) is 5.75 Å². The van der Waals surface area contributed by atoms with Gasteiger partial charge in [-0.05, 0) is 66.7 Å². The normalized spacial score (nSPS) is 20.9. The van der Waals surface area contributed by atoms with Gasteiger partial charge in [0.15, 0.2) is 0 Å². The van der Waals surface area contributed by atoms with Gasteiger partial charge in [-0.1, -0.05) is 36.4 Å². The summed E-state index contributed by atoms with van der Waals surface area (Å²) in [5.74, 6) is -0.765. The van der Waals surface area contributed by atoms with Gasteiger partial charge in [0, 0.05) is 30.3 Å². The van der Waals surface area contributed by atoms with Crippen molar-refractivity contribution < 1.29 is 14.8 Å². The first-order valence-electron chi connectivity index (χ1n) is 9.91. The SMILES string of the molecule is O=C1C[C@@H](c2ccccc2)[C@H]([N+](=O)[O-])[C@@H](c2cc(Br)c(O)c(Br)c2)N1Cc1cccnc1. The van der Waals surface area contributed by atoms with E-state index in [0.29, 0.717) is 14.5 Å². The number of aromatic hydroxyl groups is 1. The summed E-state index contributed by atoms with van der Waals surface area (Å²) < 4.78 is 0.777. The van der Waals surface area contributed by atoms with Crippen molar-refractivity contribution in [2.45, 2.75) is 31.0 Å². The number of hydrogen-bond acceptors (Lipinski definition) is 5. The molecule has 1 N–H and O–H groups in total. The predicted molar refractivity (Wildman–Crippen MR) is 126 cm³/mol. The van der Waals surface area contributed by atoms with Crippen LogP contribution in [-0.4, -0.2) is 31.9 Å². The second-order valence-corrected chi connectivity index (χ2v) is 9.37. The highest BCUT2D eigenvalue weighted by Gasteiger charge is 2.50. The van der Waals surface area contributed by atoms with Crippen LogP contribution in [0.25, 0.3) is 0 Å². The Morgan fingerprint density at radius 2 is 1.78 bits per heavy atom. The second kappa shape index (κ2) is 9.38. The molecule has 9 heteroatoms. The maximum atomic E-state index is 13.4. The molecule has 0 spiro atoms. The van der Waals surface area contributed by atoms with E-state index < -0.39 is 18.0 Å². The molecule has 0 saturated carbocycles. The fourth-order valence-electron chi connectivity index (χ4n) is 4.27. The van der Waals surface area contributed by atoms with Gasteiger partial charge in [-0.3, -0.25) is 19.9 Å². The van der Waals surface area contributed by atoms with E-state index in [2.05, 4.69) is 36.8 Å². The third-order valence-electron chi connectivity index (χ3n) is 5.71. The quantitative estimate of drug-likeness (QED) is 0.341. The third-order valence-corrected chi connectivity index (χ3v) is 6.92. The van der Waals surface area contributed by atoms with Gasteiger partial charge in [-0.15, -0.1) is 0 Å². The number of carbonyl (C=O) groups excluding carboxylic acids is 1. The van der Waals surface area contributed by atoms with Crippen LogP contribution in [0.1, 0.15) is 35.1 Å². The number of rotatable bonds is 5. The number of nitrogens with zero attached hydrogens (tertiary/aromatic N) is 3. The van der Waals surface area contributed by atoms with Crippen LogP contribution in [0.5, 0.6) is 5.75 Å². The van der Waals surface area contributed by atoms with Crippen LogP contribution in [0.2, 0.25) is 0 Å². The number of benzene rings is 2. The maximum Gasteiger partial charge on any atom is 0.244 e. The van der Waals surface area contributed by atoms with Gasteiger partial charge in [0.2, 0.25) is 11.9 Å². The average molecular weight is 561 g/mol. The van der Waals surface area contributed by atoms with E-state index in [-0.39, 0.29) is 29.5 Å². The molecule has 0 aliphatic carbocycles. The first-order valence-corrected chi connectivity index (χ1v) is 11.5. The Hall–Kier alpha value is -2.78. The van der Waals surface area contributed by atoms with E-state index in [4.69, 9.17) is 0 Å². The third kappa shape index (κ3) is 4.40. The Bertz CT molecular complexity index is 1120. The molecule has 1 aliphatic heterocycles. The molecule has 1 saturated heterocycles. The summed E-state index contributed by atoms with van der Waals surface area (Å²) in [4.78, 5) is 31.2. The second-order valence-electron chi connectivity index (χ2n) is 7.66. The van der Waals surface area contributed by atoms with Crippen molar-refractivity contribution in [1.82, 2.24) is 9.88 Å². The molecule has 1 aliphatic rings. The number of carbonyl (C=O) groups is 1. The number of piperidine rings is 1.